The number of benzene rings is 1. The Hall–Kier alpha value is -1.88. The van der Waals surface area contributed by atoms with E-state index in [-0.39, 0.29) is 17.9 Å². The topological polar surface area (TPSA) is 61.8 Å². The van der Waals surface area contributed by atoms with Crippen LogP contribution in [-0.2, 0) is 14.4 Å². The molecule has 0 unspecified atom stereocenters. The average molecular weight is 210 g/mol. The molecule has 1 rings (SSSR count). The van der Waals surface area contributed by atoms with Gasteiger partial charge in [-0.3, -0.25) is 4.79 Å². The van der Waals surface area contributed by atoms with Crippen LogP contribution in [0.3, 0.4) is 0 Å². The predicted molar refractivity (Wildman–Crippen MR) is 50.4 cm³/mol. The summed E-state index contributed by atoms with van der Waals surface area (Å²) in [5.74, 6) is -0.384. The van der Waals surface area contributed by atoms with Gasteiger partial charge in [0.1, 0.15) is 12.2 Å². The van der Waals surface area contributed by atoms with Gasteiger partial charge in [0.05, 0.1) is 7.11 Å². The second-order valence-electron chi connectivity index (χ2n) is 2.51. The third kappa shape index (κ3) is 3.07. The number of hydrogen-bond donors (Lipinski definition) is 0. The van der Waals surface area contributed by atoms with Crippen LogP contribution in [0.15, 0.2) is 24.3 Å². The zero-order valence-corrected chi connectivity index (χ0v) is 8.14. The normalized spacial score (nSPS) is 9.40. The summed E-state index contributed by atoms with van der Waals surface area (Å²) in [5.41, 5.74) is 0.209. The van der Waals surface area contributed by atoms with E-state index < -0.39 is 5.97 Å². The highest BCUT2D eigenvalue weighted by molar-refractivity contribution is 5.92. The van der Waals surface area contributed by atoms with Crippen molar-refractivity contribution in [2.75, 3.05) is 13.7 Å². The van der Waals surface area contributed by atoms with E-state index in [1.165, 1.54) is 13.2 Å². The molecule has 0 saturated carbocycles. The van der Waals surface area contributed by atoms with Crippen molar-refractivity contribution in [1.82, 2.24) is 0 Å². The smallest absolute Gasteiger partial charge is 0.342 e. The van der Waals surface area contributed by atoms with Gasteiger partial charge in [-0.2, -0.15) is 4.89 Å². The number of esters is 1. The molecule has 1 aromatic rings. The first-order valence-electron chi connectivity index (χ1n) is 4.20. The molecule has 1 aromatic carbocycles. The molecule has 0 saturated heterocycles. The number of aldehydes is 1. The number of hydrogen-bond acceptors (Lipinski definition) is 5. The molecule has 0 N–H and O–H groups in total. The molecule has 5 nitrogen and oxygen atoms in total. The monoisotopic (exact) mass is 210 g/mol. The number of rotatable bonds is 5. The van der Waals surface area contributed by atoms with Crippen LogP contribution in [0.4, 0.5) is 0 Å². The maximum atomic E-state index is 11.4. The summed E-state index contributed by atoms with van der Waals surface area (Å²) in [4.78, 5) is 30.6. The van der Waals surface area contributed by atoms with Gasteiger partial charge in [0.2, 0.25) is 0 Å². The molecule has 80 valence electrons. The molecule has 0 amide bonds. The van der Waals surface area contributed by atoms with Crippen molar-refractivity contribution in [1.29, 1.82) is 0 Å². The largest absolute Gasteiger partial charge is 0.454 e. The fourth-order valence-electron chi connectivity index (χ4n) is 0.985. The van der Waals surface area contributed by atoms with Crippen molar-refractivity contribution < 1.29 is 24.1 Å². The number of para-hydroxylation sites is 1. The highest BCUT2D eigenvalue weighted by Gasteiger charge is 2.13. The van der Waals surface area contributed by atoms with Crippen LogP contribution in [-0.4, -0.2) is 26.0 Å². The number of carbonyl (C=O) groups excluding carboxylic acids is 2. The summed E-state index contributed by atoms with van der Waals surface area (Å²) >= 11 is 0. The summed E-state index contributed by atoms with van der Waals surface area (Å²) in [7, 11) is 1.33. The molecule has 0 aliphatic rings. The van der Waals surface area contributed by atoms with E-state index in [1.54, 1.807) is 18.2 Å². The first-order valence-corrected chi connectivity index (χ1v) is 4.20. The Labute approximate surface area is 86.5 Å². The third-order valence-corrected chi connectivity index (χ3v) is 1.56. The second kappa shape index (κ2) is 5.77. The summed E-state index contributed by atoms with van der Waals surface area (Å²) in [6.45, 7) is -0.278. The van der Waals surface area contributed by atoms with E-state index in [2.05, 4.69) is 9.62 Å². The first kappa shape index (κ1) is 11.2. The Morgan fingerprint density at radius 2 is 2.13 bits per heavy atom. The molecule has 0 atom stereocenters. The molecule has 5 heteroatoms. The standard InChI is InChI=1S/C10H10O5/c1-13-15-9-5-3-2-4-8(9)10(12)14-7-6-11/h2-6H,7H2,1H3. The Morgan fingerprint density at radius 1 is 1.40 bits per heavy atom. The van der Waals surface area contributed by atoms with Gasteiger partial charge >= 0.3 is 5.97 Å². The van der Waals surface area contributed by atoms with E-state index in [1.807, 2.05) is 0 Å². The van der Waals surface area contributed by atoms with Gasteiger partial charge in [-0.15, -0.1) is 0 Å². The Morgan fingerprint density at radius 3 is 2.80 bits per heavy atom. The Bertz CT molecular complexity index is 347. The number of carbonyl (C=O) groups is 2. The fourth-order valence-corrected chi connectivity index (χ4v) is 0.985. The highest BCUT2D eigenvalue weighted by atomic mass is 17.2. The minimum absolute atomic E-state index is 0.209. The Kier molecular flexibility index (Phi) is 4.30. The van der Waals surface area contributed by atoms with Crippen molar-refractivity contribution in [3.8, 4) is 5.75 Å². The van der Waals surface area contributed by atoms with Crippen LogP contribution in [0.1, 0.15) is 10.4 Å². The van der Waals surface area contributed by atoms with Crippen molar-refractivity contribution in [2.24, 2.45) is 0 Å². The van der Waals surface area contributed by atoms with Crippen LogP contribution in [0.2, 0.25) is 0 Å². The molecule has 0 bridgehead atoms. The molecule has 0 radical (unpaired) electrons. The van der Waals surface area contributed by atoms with Crippen LogP contribution < -0.4 is 4.89 Å². The van der Waals surface area contributed by atoms with Gasteiger partial charge in [0, 0.05) is 0 Å². The zero-order chi connectivity index (χ0) is 11.1. The van der Waals surface area contributed by atoms with Crippen molar-refractivity contribution in [3.05, 3.63) is 29.8 Å². The van der Waals surface area contributed by atoms with Gasteiger partial charge in [0.25, 0.3) is 0 Å². The molecule has 0 fully saturated rings. The SMILES string of the molecule is COOc1ccccc1C(=O)OCC=O. The van der Waals surface area contributed by atoms with Gasteiger partial charge in [-0.25, -0.2) is 4.79 Å². The third-order valence-electron chi connectivity index (χ3n) is 1.56. The number of ether oxygens (including phenoxy) is 1. The summed E-state index contributed by atoms with van der Waals surface area (Å²) in [5, 5.41) is 0. The van der Waals surface area contributed by atoms with Gasteiger partial charge in [-0.1, -0.05) is 12.1 Å². The molecular weight excluding hydrogens is 200 g/mol. The first-order chi connectivity index (χ1) is 7.29. The minimum Gasteiger partial charge on any atom is -0.454 e. The van der Waals surface area contributed by atoms with Crippen LogP contribution in [0.5, 0.6) is 5.75 Å². The van der Waals surface area contributed by atoms with E-state index in [0.717, 1.165) is 0 Å². The molecule has 0 aromatic heterocycles. The van der Waals surface area contributed by atoms with Crippen molar-refractivity contribution in [3.63, 3.8) is 0 Å². The summed E-state index contributed by atoms with van der Waals surface area (Å²) in [6.07, 6.45) is 0.498. The summed E-state index contributed by atoms with van der Waals surface area (Å²) in [6, 6.07) is 6.41. The van der Waals surface area contributed by atoms with Gasteiger partial charge in [-0.05, 0) is 12.1 Å². The van der Waals surface area contributed by atoms with E-state index in [0.29, 0.717) is 6.29 Å². The van der Waals surface area contributed by atoms with Crippen molar-refractivity contribution in [2.45, 2.75) is 0 Å². The molecule has 0 spiro atoms. The van der Waals surface area contributed by atoms with Crippen LogP contribution in [0.25, 0.3) is 0 Å². The lowest BCUT2D eigenvalue weighted by Gasteiger charge is -2.06. The van der Waals surface area contributed by atoms with Gasteiger partial charge in [0.15, 0.2) is 12.0 Å². The zero-order valence-electron chi connectivity index (χ0n) is 8.14. The van der Waals surface area contributed by atoms with Crippen LogP contribution in [0, 0.1) is 0 Å². The maximum absolute atomic E-state index is 11.4. The van der Waals surface area contributed by atoms with Crippen LogP contribution >= 0.6 is 0 Å². The van der Waals surface area contributed by atoms with E-state index in [9.17, 15) is 9.59 Å². The lowest BCUT2D eigenvalue weighted by atomic mass is 10.2. The summed E-state index contributed by atoms with van der Waals surface area (Å²) < 4.78 is 4.62. The minimum atomic E-state index is -0.630. The molecular formula is C10H10O5. The van der Waals surface area contributed by atoms with E-state index in [4.69, 9.17) is 4.89 Å². The average Bonchev–Trinajstić information content (AvgIpc) is 2.27. The Balaban J connectivity index is 2.81. The van der Waals surface area contributed by atoms with Crippen molar-refractivity contribution >= 4 is 12.3 Å². The second-order valence-corrected chi connectivity index (χ2v) is 2.51. The lowest BCUT2D eigenvalue weighted by molar-refractivity contribution is -0.178. The predicted octanol–water partition coefficient (Wildman–Crippen LogP) is 0.982. The lowest BCUT2D eigenvalue weighted by Crippen LogP contribution is -2.09. The highest BCUT2D eigenvalue weighted by Crippen LogP contribution is 2.18. The quantitative estimate of drug-likeness (QED) is 0.314. The van der Waals surface area contributed by atoms with E-state index >= 15 is 0 Å². The fraction of sp³-hybridized carbons (Fsp3) is 0.200. The maximum Gasteiger partial charge on any atom is 0.342 e. The van der Waals surface area contributed by atoms with Gasteiger partial charge < -0.3 is 9.62 Å². The molecule has 0 aliphatic heterocycles. The molecule has 0 aliphatic carbocycles. The molecule has 15 heavy (non-hydrogen) atoms. The molecule has 0 heterocycles.